The molecule has 0 amide bonds. The minimum atomic E-state index is -0.410. The monoisotopic (exact) mass is 368 g/mol. The highest BCUT2D eigenvalue weighted by atomic mass is 32.2. The lowest BCUT2D eigenvalue weighted by molar-refractivity contribution is 0.0525. The van der Waals surface area contributed by atoms with Gasteiger partial charge < -0.3 is 4.74 Å². The van der Waals surface area contributed by atoms with Crippen LogP contribution in [0.15, 0.2) is 40.0 Å². The van der Waals surface area contributed by atoms with Gasteiger partial charge in [0.05, 0.1) is 23.3 Å². The standard InChI is InChI=1S/C20H20N2O3S/c1-5-25-20(24)16-11(2)10-14-17(12(16)3)19(23)22-21-18(14)13-8-6-7-9-15(13)26-4/h6-10H,5H2,1-4H3,(H,22,23). The van der Waals surface area contributed by atoms with Crippen LogP contribution in [0.5, 0.6) is 0 Å². The van der Waals surface area contributed by atoms with Crippen LogP contribution in [-0.2, 0) is 4.74 Å². The Hall–Kier alpha value is -2.60. The number of nitrogens with one attached hydrogen (secondary N) is 1. The maximum Gasteiger partial charge on any atom is 0.338 e. The molecule has 1 N–H and O–H groups in total. The third-order valence-corrected chi connectivity index (χ3v) is 5.16. The van der Waals surface area contributed by atoms with E-state index >= 15 is 0 Å². The summed E-state index contributed by atoms with van der Waals surface area (Å²) in [5, 5.41) is 8.10. The van der Waals surface area contributed by atoms with Crippen molar-refractivity contribution in [1.82, 2.24) is 10.2 Å². The van der Waals surface area contributed by atoms with Crippen LogP contribution >= 0.6 is 11.8 Å². The highest BCUT2D eigenvalue weighted by molar-refractivity contribution is 7.98. The number of hydrogen-bond donors (Lipinski definition) is 1. The van der Waals surface area contributed by atoms with Crippen molar-refractivity contribution in [3.63, 3.8) is 0 Å². The minimum Gasteiger partial charge on any atom is -0.462 e. The molecule has 0 spiro atoms. The summed E-state index contributed by atoms with van der Waals surface area (Å²) >= 11 is 1.62. The summed E-state index contributed by atoms with van der Waals surface area (Å²) in [7, 11) is 0. The van der Waals surface area contributed by atoms with Crippen molar-refractivity contribution in [3.05, 3.63) is 57.4 Å². The van der Waals surface area contributed by atoms with Gasteiger partial charge in [0.15, 0.2) is 0 Å². The Balaban J connectivity index is 2.38. The zero-order chi connectivity index (χ0) is 18.8. The summed E-state index contributed by atoms with van der Waals surface area (Å²) in [6.07, 6.45) is 2.00. The predicted octanol–water partition coefficient (Wildman–Crippen LogP) is 4.11. The number of aromatic nitrogens is 2. The molecule has 0 saturated carbocycles. The largest absolute Gasteiger partial charge is 0.462 e. The Kier molecular flexibility index (Phi) is 5.13. The molecule has 0 bridgehead atoms. The number of aryl methyl sites for hydroxylation is 2. The van der Waals surface area contributed by atoms with E-state index in [1.54, 1.807) is 25.6 Å². The van der Waals surface area contributed by atoms with Crippen LogP contribution in [0.25, 0.3) is 22.0 Å². The molecule has 3 rings (SSSR count). The van der Waals surface area contributed by atoms with E-state index < -0.39 is 5.97 Å². The van der Waals surface area contributed by atoms with Gasteiger partial charge in [0.1, 0.15) is 0 Å². The molecule has 0 fully saturated rings. The van der Waals surface area contributed by atoms with Crippen LogP contribution in [0.4, 0.5) is 0 Å². The predicted molar refractivity (Wildman–Crippen MR) is 105 cm³/mol. The second-order valence-electron chi connectivity index (χ2n) is 5.94. The summed E-state index contributed by atoms with van der Waals surface area (Å²) in [4.78, 5) is 25.9. The van der Waals surface area contributed by atoms with E-state index in [0.29, 0.717) is 22.2 Å². The van der Waals surface area contributed by atoms with Crippen LogP contribution in [-0.4, -0.2) is 29.0 Å². The summed E-state index contributed by atoms with van der Waals surface area (Å²) in [6, 6.07) is 9.77. The summed E-state index contributed by atoms with van der Waals surface area (Å²) < 4.78 is 5.16. The molecule has 134 valence electrons. The average molecular weight is 368 g/mol. The number of ether oxygens (including phenoxy) is 1. The molecular weight excluding hydrogens is 348 g/mol. The van der Waals surface area contributed by atoms with Crippen LogP contribution in [0, 0.1) is 13.8 Å². The molecule has 0 radical (unpaired) electrons. The van der Waals surface area contributed by atoms with E-state index in [9.17, 15) is 9.59 Å². The fourth-order valence-corrected chi connectivity index (χ4v) is 3.85. The normalized spacial score (nSPS) is 10.9. The number of rotatable bonds is 4. The first-order chi connectivity index (χ1) is 12.5. The molecule has 0 unspecified atom stereocenters. The quantitative estimate of drug-likeness (QED) is 0.554. The minimum absolute atomic E-state index is 0.287. The van der Waals surface area contributed by atoms with Crippen molar-refractivity contribution < 1.29 is 9.53 Å². The number of fused-ring (bicyclic) bond motifs is 1. The molecular formula is C20H20N2O3S. The lowest BCUT2D eigenvalue weighted by atomic mass is 9.94. The number of aromatic amines is 1. The molecule has 1 aromatic heterocycles. The van der Waals surface area contributed by atoms with Crippen LogP contribution in [0.3, 0.4) is 0 Å². The second-order valence-corrected chi connectivity index (χ2v) is 6.79. The molecule has 0 saturated heterocycles. The van der Waals surface area contributed by atoms with Crippen molar-refractivity contribution in [2.24, 2.45) is 0 Å². The summed E-state index contributed by atoms with van der Waals surface area (Å²) in [6.45, 7) is 5.68. The first-order valence-electron chi connectivity index (χ1n) is 8.32. The number of esters is 1. The van der Waals surface area contributed by atoms with Crippen LogP contribution in [0.1, 0.15) is 28.4 Å². The Morgan fingerprint density at radius 1 is 1.27 bits per heavy atom. The van der Waals surface area contributed by atoms with Gasteiger partial charge in [0.2, 0.25) is 0 Å². The van der Waals surface area contributed by atoms with E-state index in [-0.39, 0.29) is 12.2 Å². The highest BCUT2D eigenvalue weighted by Crippen LogP contribution is 2.34. The van der Waals surface area contributed by atoms with Crippen molar-refractivity contribution >= 4 is 28.5 Å². The zero-order valence-electron chi connectivity index (χ0n) is 15.2. The van der Waals surface area contributed by atoms with Crippen molar-refractivity contribution in [3.8, 4) is 11.3 Å². The van der Waals surface area contributed by atoms with Gasteiger partial charge in [-0.25, -0.2) is 9.89 Å². The lowest BCUT2D eigenvalue weighted by Crippen LogP contribution is -2.16. The molecule has 0 aliphatic rings. The van der Waals surface area contributed by atoms with Gasteiger partial charge >= 0.3 is 5.97 Å². The van der Waals surface area contributed by atoms with E-state index in [1.807, 2.05) is 43.5 Å². The smallest absolute Gasteiger partial charge is 0.338 e. The summed E-state index contributed by atoms with van der Waals surface area (Å²) in [5.41, 5.74) is 3.16. The average Bonchev–Trinajstić information content (AvgIpc) is 2.62. The number of carbonyl (C=O) groups excluding carboxylic acids is 1. The third-order valence-electron chi connectivity index (χ3n) is 4.37. The van der Waals surface area contributed by atoms with Gasteiger partial charge in [-0.2, -0.15) is 5.10 Å². The highest BCUT2D eigenvalue weighted by Gasteiger charge is 2.21. The fourth-order valence-electron chi connectivity index (χ4n) is 3.25. The van der Waals surface area contributed by atoms with Crippen molar-refractivity contribution in [2.75, 3.05) is 12.9 Å². The SMILES string of the molecule is CCOC(=O)c1c(C)cc2c(-c3ccccc3SC)n[nH]c(=O)c2c1C. The van der Waals surface area contributed by atoms with Crippen molar-refractivity contribution in [2.45, 2.75) is 25.7 Å². The molecule has 5 nitrogen and oxygen atoms in total. The van der Waals surface area contributed by atoms with E-state index in [0.717, 1.165) is 21.4 Å². The fraction of sp³-hybridized carbons (Fsp3) is 0.250. The van der Waals surface area contributed by atoms with Crippen molar-refractivity contribution in [1.29, 1.82) is 0 Å². The lowest BCUT2D eigenvalue weighted by Gasteiger charge is -2.14. The molecule has 0 atom stereocenters. The first-order valence-corrected chi connectivity index (χ1v) is 9.55. The number of thioether (sulfide) groups is 1. The third kappa shape index (κ3) is 3.01. The number of nitrogens with zero attached hydrogens (tertiary/aromatic N) is 1. The molecule has 0 aliphatic heterocycles. The Morgan fingerprint density at radius 3 is 2.69 bits per heavy atom. The molecule has 1 heterocycles. The molecule has 6 heteroatoms. The van der Waals surface area contributed by atoms with Gasteiger partial charge in [0, 0.05) is 15.8 Å². The van der Waals surface area contributed by atoms with Gasteiger partial charge in [-0.1, -0.05) is 18.2 Å². The van der Waals surface area contributed by atoms with Gasteiger partial charge in [-0.05, 0) is 50.3 Å². The molecule has 2 aromatic carbocycles. The molecule has 0 aliphatic carbocycles. The Morgan fingerprint density at radius 2 is 2.00 bits per heavy atom. The van der Waals surface area contributed by atoms with E-state index in [4.69, 9.17) is 4.74 Å². The first kappa shape index (κ1) is 18.2. The van der Waals surface area contributed by atoms with Gasteiger partial charge in [-0.15, -0.1) is 11.8 Å². The number of hydrogen-bond acceptors (Lipinski definition) is 5. The van der Waals surface area contributed by atoms with Crippen LogP contribution in [0.2, 0.25) is 0 Å². The van der Waals surface area contributed by atoms with E-state index in [1.165, 1.54) is 0 Å². The second kappa shape index (κ2) is 7.33. The molecule has 26 heavy (non-hydrogen) atoms. The number of benzene rings is 2. The van der Waals surface area contributed by atoms with Gasteiger partial charge in [0.25, 0.3) is 5.56 Å². The zero-order valence-corrected chi connectivity index (χ0v) is 16.0. The van der Waals surface area contributed by atoms with Gasteiger partial charge in [-0.3, -0.25) is 4.79 Å². The van der Waals surface area contributed by atoms with E-state index in [2.05, 4.69) is 10.2 Å². The Labute approximate surface area is 155 Å². The maximum atomic E-state index is 12.5. The maximum absolute atomic E-state index is 12.5. The molecule has 3 aromatic rings. The Bertz CT molecular complexity index is 1060. The van der Waals surface area contributed by atoms with Crippen LogP contribution < -0.4 is 5.56 Å². The number of H-pyrrole nitrogens is 1. The summed E-state index contributed by atoms with van der Waals surface area (Å²) in [5.74, 6) is -0.410. The number of carbonyl (C=O) groups is 1. The topological polar surface area (TPSA) is 72.0 Å².